The number of ether oxygens (including phenoxy) is 1. The summed E-state index contributed by atoms with van der Waals surface area (Å²) in [6.45, 7) is 1.69. The maximum Gasteiger partial charge on any atom is 0.284 e. The van der Waals surface area contributed by atoms with Gasteiger partial charge in [0.25, 0.3) is 5.56 Å². The lowest BCUT2D eigenvalue weighted by atomic mass is 10.1. The van der Waals surface area contributed by atoms with Gasteiger partial charge in [0, 0.05) is 54.2 Å². The Morgan fingerprint density at radius 3 is 2.87 bits per heavy atom. The zero-order valence-electron chi connectivity index (χ0n) is 16.4. The van der Waals surface area contributed by atoms with Crippen LogP contribution in [0.4, 0.5) is 8.78 Å². The second-order valence-electron chi connectivity index (χ2n) is 7.51. The zero-order chi connectivity index (χ0) is 21.5. The van der Waals surface area contributed by atoms with Crippen molar-refractivity contribution in [3.05, 3.63) is 93.0 Å². The SMILES string of the molecule is O=c1[nH]ccc(CN2CCOc3c(Cl)cc(-n4ccc5cc(F)ccc54)cc3C2)c1F. The molecule has 1 aliphatic heterocycles. The zero-order valence-corrected chi connectivity index (χ0v) is 17.1. The van der Waals surface area contributed by atoms with E-state index < -0.39 is 11.4 Å². The second-order valence-corrected chi connectivity index (χ2v) is 7.92. The fourth-order valence-corrected chi connectivity index (χ4v) is 4.27. The fraction of sp³-hybridized carbons (Fsp3) is 0.174. The number of pyridine rings is 1. The van der Waals surface area contributed by atoms with Gasteiger partial charge < -0.3 is 14.3 Å². The maximum absolute atomic E-state index is 14.2. The summed E-state index contributed by atoms with van der Waals surface area (Å²) in [5.74, 6) is -0.464. The van der Waals surface area contributed by atoms with E-state index in [9.17, 15) is 13.6 Å². The highest BCUT2D eigenvalue weighted by atomic mass is 35.5. The molecule has 3 heterocycles. The summed E-state index contributed by atoms with van der Waals surface area (Å²) in [5.41, 5.74) is 2.12. The molecular weight excluding hydrogens is 424 g/mol. The van der Waals surface area contributed by atoms with Gasteiger partial charge in [-0.1, -0.05) is 11.6 Å². The Morgan fingerprint density at radius 1 is 1.13 bits per heavy atom. The van der Waals surface area contributed by atoms with Crippen LogP contribution in [0.15, 0.2) is 59.7 Å². The van der Waals surface area contributed by atoms with Crippen molar-refractivity contribution < 1.29 is 13.5 Å². The molecule has 0 saturated carbocycles. The molecule has 5 nitrogen and oxygen atoms in total. The minimum absolute atomic E-state index is 0.270. The lowest BCUT2D eigenvalue weighted by molar-refractivity contribution is 0.217. The molecule has 0 radical (unpaired) electrons. The normalized spacial score (nSPS) is 14.3. The summed E-state index contributed by atoms with van der Waals surface area (Å²) < 4.78 is 35.6. The number of nitrogens with one attached hydrogen (secondary N) is 1. The highest BCUT2D eigenvalue weighted by molar-refractivity contribution is 6.32. The highest BCUT2D eigenvalue weighted by Gasteiger charge is 2.21. The van der Waals surface area contributed by atoms with Gasteiger partial charge in [-0.05, 0) is 42.5 Å². The van der Waals surface area contributed by atoms with Gasteiger partial charge in [0.15, 0.2) is 5.82 Å². The van der Waals surface area contributed by atoms with E-state index in [-0.39, 0.29) is 12.4 Å². The number of benzene rings is 2. The van der Waals surface area contributed by atoms with Crippen molar-refractivity contribution >= 4 is 22.5 Å². The summed E-state index contributed by atoms with van der Waals surface area (Å²) in [4.78, 5) is 15.9. The first-order valence-corrected chi connectivity index (χ1v) is 10.2. The van der Waals surface area contributed by atoms with Gasteiger partial charge in [-0.2, -0.15) is 0 Å². The molecule has 0 fully saturated rings. The van der Waals surface area contributed by atoms with Crippen LogP contribution in [0.2, 0.25) is 5.02 Å². The molecule has 0 atom stereocenters. The summed E-state index contributed by atoms with van der Waals surface area (Å²) in [6.07, 6.45) is 3.31. The third kappa shape index (κ3) is 3.71. The van der Waals surface area contributed by atoms with E-state index in [1.165, 1.54) is 18.3 Å². The summed E-state index contributed by atoms with van der Waals surface area (Å²) in [6, 6.07) is 11.8. The molecule has 1 aliphatic rings. The molecule has 1 N–H and O–H groups in total. The van der Waals surface area contributed by atoms with Crippen LogP contribution in [0.1, 0.15) is 11.1 Å². The van der Waals surface area contributed by atoms with Gasteiger partial charge in [0.1, 0.15) is 18.2 Å². The molecule has 5 rings (SSSR count). The topological polar surface area (TPSA) is 50.3 Å². The number of fused-ring (bicyclic) bond motifs is 2. The van der Waals surface area contributed by atoms with Gasteiger partial charge in [-0.25, -0.2) is 8.78 Å². The molecule has 2 aromatic heterocycles. The van der Waals surface area contributed by atoms with Crippen LogP contribution in [-0.4, -0.2) is 27.6 Å². The van der Waals surface area contributed by atoms with Gasteiger partial charge in [-0.3, -0.25) is 9.69 Å². The summed E-state index contributed by atoms with van der Waals surface area (Å²) in [7, 11) is 0. The van der Waals surface area contributed by atoms with Crippen molar-refractivity contribution in [3.63, 3.8) is 0 Å². The minimum atomic E-state index is -0.772. The molecule has 0 aliphatic carbocycles. The van der Waals surface area contributed by atoms with Gasteiger partial charge in [0.05, 0.1) is 10.5 Å². The van der Waals surface area contributed by atoms with Crippen molar-refractivity contribution in [1.82, 2.24) is 14.5 Å². The molecule has 158 valence electrons. The van der Waals surface area contributed by atoms with E-state index in [0.717, 1.165) is 22.2 Å². The highest BCUT2D eigenvalue weighted by Crippen LogP contribution is 2.35. The molecule has 0 amide bonds. The number of aromatic amines is 1. The van der Waals surface area contributed by atoms with Gasteiger partial charge in [-0.15, -0.1) is 0 Å². The first-order valence-electron chi connectivity index (χ1n) is 9.80. The van der Waals surface area contributed by atoms with E-state index in [2.05, 4.69) is 4.98 Å². The maximum atomic E-state index is 14.2. The van der Waals surface area contributed by atoms with Crippen molar-refractivity contribution in [1.29, 1.82) is 0 Å². The fourth-order valence-electron chi connectivity index (χ4n) is 3.99. The summed E-state index contributed by atoms with van der Waals surface area (Å²) in [5, 5.41) is 1.26. The summed E-state index contributed by atoms with van der Waals surface area (Å²) >= 11 is 6.54. The molecule has 2 aromatic carbocycles. The predicted octanol–water partition coefficient (Wildman–Crippen LogP) is 4.65. The number of hydrogen-bond acceptors (Lipinski definition) is 3. The van der Waals surface area contributed by atoms with Crippen molar-refractivity contribution in [2.75, 3.05) is 13.2 Å². The second kappa shape index (κ2) is 7.83. The Bertz CT molecular complexity index is 1350. The number of nitrogens with zero attached hydrogens (tertiary/aromatic N) is 2. The van der Waals surface area contributed by atoms with Crippen LogP contribution >= 0.6 is 11.6 Å². The quantitative estimate of drug-likeness (QED) is 0.503. The number of hydrogen-bond donors (Lipinski definition) is 1. The van der Waals surface area contributed by atoms with Crippen LogP contribution < -0.4 is 10.3 Å². The van der Waals surface area contributed by atoms with Crippen LogP contribution in [0, 0.1) is 11.6 Å². The molecule has 8 heteroatoms. The van der Waals surface area contributed by atoms with E-state index >= 15 is 0 Å². The lowest BCUT2D eigenvalue weighted by Crippen LogP contribution is -2.27. The number of halogens is 3. The monoisotopic (exact) mass is 441 g/mol. The largest absolute Gasteiger partial charge is 0.490 e. The lowest BCUT2D eigenvalue weighted by Gasteiger charge is -2.20. The predicted molar refractivity (Wildman–Crippen MR) is 115 cm³/mol. The molecule has 4 aromatic rings. The Kier molecular flexibility index (Phi) is 5.00. The Balaban J connectivity index is 1.51. The molecule has 31 heavy (non-hydrogen) atoms. The molecule has 0 unspecified atom stereocenters. The van der Waals surface area contributed by atoms with Crippen LogP contribution in [0.25, 0.3) is 16.6 Å². The smallest absolute Gasteiger partial charge is 0.284 e. The minimum Gasteiger partial charge on any atom is -0.490 e. The first kappa shape index (κ1) is 19.8. The molecular formula is C23H18ClF2N3O2. The first-order chi connectivity index (χ1) is 15.0. The van der Waals surface area contributed by atoms with Crippen LogP contribution in [-0.2, 0) is 13.1 Å². The van der Waals surface area contributed by atoms with Gasteiger partial charge in [0.2, 0.25) is 0 Å². The Hall–Kier alpha value is -3.16. The number of rotatable bonds is 3. The third-order valence-corrected chi connectivity index (χ3v) is 5.74. The number of H-pyrrole nitrogens is 1. The average Bonchev–Trinajstić information content (AvgIpc) is 3.04. The van der Waals surface area contributed by atoms with Gasteiger partial charge >= 0.3 is 0 Å². The molecule has 0 bridgehead atoms. The van der Waals surface area contributed by atoms with E-state index in [1.807, 2.05) is 33.9 Å². The van der Waals surface area contributed by atoms with Crippen molar-refractivity contribution in [3.8, 4) is 11.4 Å². The standard InChI is InChI=1S/C23H18ClF2N3O2/c24-19-11-18(29-6-4-14-9-17(25)1-2-20(14)29)10-16-13-28(7-8-31-22(16)19)12-15-3-5-27-23(30)21(15)26/h1-6,9-11H,7-8,12-13H2,(H,27,30). The Morgan fingerprint density at radius 2 is 2.00 bits per heavy atom. The Labute approximate surface area is 181 Å². The molecule has 0 saturated heterocycles. The third-order valence-electron chi connectivity index (χ3n) is 5.46. The van der Waals surface area contributed by atoms with E-state index in [1.54, 1.807) is 12.1 Å². The van der Waals surface area contributed by atoms with Crippen molar-refractivity contribution in [2.45, 2.75) is 13.1 Å². The molecule has 0 spiro atoms. The van der Waals surface area contributed by atoms with E-state index in [4.69, 9.17) is 16.3 Å². The van der Waals surface area contributed by atoms with Crippen molar-refractivity contribution in [2.24, 2.45) is 0 Å². The number of aromatic nitrogens is 2. The van der Waals surface area contributed by atoms with Crippen LogP contribution in [0.3, 0.4) is 0 Å². The van der Waals surface area contributed by atoms with E-state index in [0.29, 0.717) is 36.0 Å². The van der Waals surface area contributed by atoms with Crippen LogP contribution in [0.5, 0.6) is 5.75 Å². The average molecular weight is 442 g/mol.